The largest absolute Gasteiger partial charge is 0.497 e. The summed E-state index contributed by atoms with van der Waals surface area (Å²) in [5.41, 5.74) is 1.90. The minimum Gasteiger partial charge on any atom is -0.497 e. The quantitative estimate of drug-likeness (QED) is 0.765. The van der Waals surface area contributed by atoms with E-state index < -0.39 is 5.97 Å². The third-order valence-electron chi connectivity index (χ3n) is 3.63. The van der Waals surface area contributed by atoms with Crippen LogP contribution in [-0.4, -0.2) is 18.2 Å². The molecule has 116 valence electrons. The zero-order valence-corrected chi connectivity index (χ0v) is 12.7. The van der Waals surface area contributed by atoms with Gasteiger partial charge < -0.3 is 14.3 Å². The Morgan fingerprint density at radius 1 is 1.09 bits per heavy atom. The van der Waals surface area contributed by atoms with E-state index in [1.807, 2.05) is 42.5 Å². The van der Waals surface area contributed by atoms with Gasteiger partial charge in [0.1, 0.15) is 17.3 Å². The van der Waals surface area contributed by atoms with E-state index in [1.165, 1.54) is 0 Å². The van der Waals surface area contributed by atoms with E-state index in [-0.39, 0.29) is 5.56 Å². The molecule has 0 aliphatic carbocycles. The van der Waals surface area contributed by atoms with Gasteiger partial charge in [0.05, 0.1) is 12.7 Å². The van der Waals surface area contributed by atoms with Gasteiger partial charge in [-0.15, -0.1) is 0 Å². The van der Waals surface area contributed by atoms with Crippen molar-refractivity contribution in [2.24, 2.45) is 0 Å². The molecule has 3 aromatic rings. The maximum absolute atomic E-state index is 11.4. The van der Waals surface area contributed by atoms with E-state index in [9.17, 15) is 9.90 Å². The van der Waals surface area contributed by atoms with E-state index in [1.54, 1.807) is 25.3 Å². The van der Waals surface area contributed by atoms with Crippen LogP contribution in [0.25, 0.3) is 11.3 Å². The zero-order valence-electron chi connectivity index (χ0n) is 12.7. The summed E-state index contributed by atoms with van der Waals surface area (Å²) >= 11 is 0. The number of benzene rings is 2. The van der Waals surface area contributed by atoms with Crippen LogP contribution in [0.1, 0.15) is 21.7 Å². The first-order chi connectivity index (χ1) is 11.2. The standard InChI is InChI=1S/C19H16O4/c1-22-15-7-9-17(19(20)21)14(11-15)12-16-8-10-18(23-16)13-5-3-2-4-6-13/h2-11H,12H2,1H3,(H,20,21). The lowest BCUT2D eigenvalue weighted by Gasteiger charge is -2.07. The summed E-state index contributed by atoms with van der Waals surface area (Å²) in [6, 6.07) is 18.5. The van der Waals surface area contributed by atoms with Crippen LogP contribution in [-0.2, 0) is 6.42 Å². The Kier molecular flexibility index (Phi) is 4.15. The highest BCUT2D eigenvalue weighted by molar-refractivity contribution is 5.89. The SMILES string of the molecule is COc1ccc(C(=O)O)c(Cc2ccc(-c3ccccc3)o2)c1. The second-order valence-corrected chi connectivity index (χ2v) is 5.14. The summed E-state index contributed by atoms with van der Waals surface area (Å²) in [6.45, 7) is 0. The molecule has 0 radical (unpaired) electrons. The fourth-order valence-corrected chi connectivity index (χ4v) is 2.47. The lowest BCUT2D eigenvalue weighted by Crippen LogP contribution is -2.03. The highest BCUT2D eigenvalue weighted by Gasteiger charge is 2.14. The van der Waals surface area contributed by atoms with E-state index in [4.69, 9.17) is 9.15 Å². The van der Waals surface area contributed by atoms with Crippen LogP contribution in [0.5, 0.6) is 5.75 Å². The van der Waals surface area contributed by atoms with Gasteiger partial charge in [0, 0.05) is 12.0 Å². The van der Waals surface area contributed by atoms with E-state index in [0.29, 0.717) is 23.5 Å². The lowest BCUT2D eigenvalue weighted by molar-refractivity contribution is 0.0696. The molecule has 0 bridgehead atoms. The fraction of sp³-hybridized carbons (Fsp3) is 0.105. The first-order valence-electron chi connectivity index (χ1n) is 7.21. The molecule has 4 nitrogen and oxygen atoms in total. The third kappa shape index (κ3) is 3.26. The summed E-state index contributed by atoms with van der Waals surface area (Å²) in [7, 11) is 1.56. The smallest absolute Gasteiger partial charge is 0.335 e. The number of methoxy groups -OCH3 is 1. The molecule has 0 spiro atoms. The average molecular weight is 308 g/mol. The van der Waals surface area contributed by atoms with Gasteiger partial charge in [-0.05, 0) is 35.9 Å². The molecule has 1 N–H and O–H groups in total. The number of ether oxygens (including phenoxy) is 1. The van der Waals surface area contributed by atoms with Gasteiger partial charge in [0.25, 0.3) is 0 Å². The molecule has 3 rings (SSSR count). The first kappa shape index (κ1) is 14.9. The Morgan fingerprint density at radius 2 is 1.87 bits per heavy atom. The Hall–Kier alpha value is -3.01. The van der Waals surface area contributed by atoms with Crippen LogP contribution >= 0.6 is 0 Å². The van der Waals surface area contributed by atoms with E-state index in [2.05, 4.69) is 0 Å². The van der Waals surface area contributed by atoms with Crippen LogP contribution in [0, 0.1) is 0 Å². The Bertz CT molecular complexity index is 818. The molecular weight excluding hydrogens is 292 g/mol. The molecule has 0 fully saturated rings. The van der Waals surface area contributed by atoms with E-state index in [0.717, 1.165) is 11.3 Å². The lowest BCUT2D eigenvalue weighted by atomic mass is 10.0. The Balaban J connectivity index is 1.90. The van der Waals surface area contributed by atoms with Gasteiger partial charge in [-0.25, -0.2) is 4.79 Å². The molecule has 0 saturated heterocycles. The van der Waals surface area contributed by atoms with Crippen molar-refractivity contribution < 1.29 is 19.1 Å². The number of aromatic carboxylic acids is 1. The number of furan rings is 1. The third-order valence-corrected chi connectivity index (χ3v) is 3.63. The van der Waals surface area contributed by atoms with Crippen molar-refractivity contribution in [3.8, 4) is 17.1 Å². The molecule has 0 saturated carbocycles. The summed E-state index contributed by atoms with van der Waals surface area (Å²) < 4.78 is 11.0. The number of hydrogen-bond acceptors (Lipinski definition) is 3. The molecule has 0 amide bonds. The van der Waals surface area contributed by atoms with Gasteiger partial charge in [-0.1, -0.05) is 30.3 Å². The highest BCUT2D eigenvalue weighted by atomic mass is 16.5. The van der Waals surface area contributed by atoms with Gasteiger partial charge in [0.2, 0.25) is 0 Å². The maximum atomic E-state index is 11.4. The molecule has 0 atom stereocenters. The fourth-order valence-electron chi connectivity index (χ4n) is 2.47. The van der Waals surface area contributed by atoms with Crippen LogP contribution in [0.3, 0.4) is 0 Å². The van der Waals surface area contributed by atoms with Crippen molar-refractivity contribution in [2.45, 2.75) is 6.42 Å². The van der Waals surface area contributed by atoms with Gasteiger partial charge in [0.15, 0.2) is 0 Å². The molecule has 0 aliphatic rings. The number of rotatable bonds is 5. The molecule has 4 heteroatoms. The molecule has 0 aliphatic heterocycles. The van der Waals surface area contributed by atoms with Crippen LogP contribution in [0.4, 0.5) is 0 Å². The van der Waals surface area contributed by atoms with Crippen molar-refractivity contribution >= 4 is 5.97 Å². The molecule has 1 aromatic heterocycles. The van der Waals surface area contributed by atoms with Crippen LogP contribution in [0.15, 0.2) is 65.1 Å². The molecule has 1 heterocycles. The first-order valence-corrected chi connectivity index (χ1v) is 7.21. The number of carboxylic acids is 1. The molecular formula is C19H16O4. The summed E-state index contributed by atoms with van der Waals surface area (Å²) in [5.74, 6) is 1.14. The maximum Gasteiger partial charge on any atom is 0.335 e. The summed E-state index contributed by atoms with van der Waals surface area (Å²) in [6.07, 6.45) is 0.395. The summed E-state index contributed by atoms with van der Waals surface area (Å²) in [4.78, 5) is 11.4. The van der Waals surface area contributed by atoms with Gasteiger partial charge >= 0.3 is 5.97 Å². The van der Waals surface area contributed by atoms with E-state index >= 15 is 0 Å². The predicted octanol–water partition coefficient (Wildman–Crippen LogP) is 4.24. The number of carboxylic acid groups (broad SMARTS) is 1. The molecule has 0 unspecified atom stereocenters. The minimum absolute atomic E-state index is 0.253. The van der Waals surface area contributed by atoms with Crippen molar-refractivity contribution in [1.82, 2.24) is 0 Å². The second-order valence-electron chi connectivity index (χ2n) is 5.14. The number of carbonyl (C=O) groups is 1. The second kappa shape index (κ2) is 6.40. The average Bonchev–Trinajstić information content (AvgIpc) is 3.04. The Morgan fingerprint density at radius 3 is 2.57 bits per heavy atom. The predicted molar refractivity (Wildman–Crippen MR) is 86.9 cm³/mol. The van der Waals surface area contributed by atoms with Crippen molar-refractivity contribution in [3.05, 3.63) is 77.6 Å². The highest BCUT2D eigenvalue weighted by Crippen LogP contribution is 2.25. The van der Waals surface area contributed by atoms with Gasteiger partial charge in [-0.3, -0.25) is 0 Å². The Labute approximate surface area is 134 Å². The van der Waals surface area contributed by atoms with Crippen LogP contribution in [0.2, 0.25) is 0 Å². The van der Waals surface area contributed by atoms with Crippen molar-refractivity contribution in [3.63, 3.8) is 0 Å². The van der Waals surface area contributed by atoms with Crippen molar-refractivity contribution in [2.75, 3.05) is 7.11 Å². The van der Waals surface area contributed by atoms with Gasteiger partial charge in [-0.2, -0.15) is 0 Å². The number of hydrogen-bond donors (Lipinski definition) is 1. The topological polar surface area (TPSA) is 59.7 Å². The minimum atomic E-state index is -0.961. The van der Waals surface area contributed by atoms with Crippen LogP contribution < -0.4 is 4.74 Å². The molecule has 2 aromatic carbocycles. The molecule has 23 heavy (non-hydrogen) atoms. The van der Waals surface area contributed by atoms with Crippen molar-refractivity contribution in [1.29, 1.82) is 0 Å². The normalized spacial score (nSPS) is 10.5. The summed E-state index contributed by atoms with van der Waals surface area (Å²) in [5, 5.41) is 9.32. The monoisotopic (exact) mass is 308 g/mol. The zero-order chi connectivity index (χ0) is 16.2.